The van der Waals surface area contributed by atoms with Crippen LogP contribution in [0.1, 0.15) is 27.7 Å². The third kappa shape index (κ3) is 3.75. The highest BCUT2D eigenvalue weighted by molar-refractivity contribution is 7.92. The molecule has 2 atom stereocenters. The third-order valence-electron chi connectivity index (χ3n) is 3.12. The second-order valence-corrected chi connectivity index (χ2v) is 7.10. The van der Waals surface area contributed by atoms with Crippen LogP contribution in [0.4, 0.5) is 0 Å². The molecule has 0 aliphatic heterocycles. The van der Waals surface area contributed by atoms with Crippen molar-refractivity contribution in [3.8, 4) is 0 Å². The molecule has 0 aromatic carbocycles. The van der Waals surface area contributed by atoms with Crippen molar-refractivity contribution in [2.45, 2.75) is 38.5 Å². The number of amides is 1. The van der Waals surface area contributed by atoms with Gasteiger partial charge in [-0.3, -0.25) is 4.79 Å². The molecule has 0 saturated carbocycles. The molecule has 0 rings (SSSR count). The fraction of sp³-hybridized carbons (Fsp3) is 0.900. The molecular formula is C10H22N2O3S. The molecule has 96 valence electrons. The molecule has 0 fully saturated rings. The van der Waals surface area contributed by atoms with Crippen LogP contribution >= 0.6 is 0 Å². The Bertz CT molecular complexity index is 351. The van der Waals surface area contributed by atoms with E-state index in [1.165, 1.54) is 6.92 Å². The summed E-state index contributed by atoms with van der Waals surface area (Å²) in [4.78, 5) is 11.7. The number of sulfone groups is 1. The van der Waals surface area contributed by atoms with E-state index >= 15 is 0 Å². The molecule has 0 aliphatic carbocycles. The lowest BCUT2D eigenvalue weighted by atomic mass is 9.88. The minimum atomic E-state index is -3.36. The Hall–Kier alpha value is -0.620. The first-order valence-electron chi connectivity index (χ1n) is 5.25. The molecule has 3 N–H and O–H groups in total. The number of hydrogen-bond acceptors (Lipinski definition) is 4. The van der Waals surface area contributed by atoms with Crippen molar-refractivity contribution in [1.29, 1.82) is 0 Å². The number of nitrogens with one attached hydrogen (secondary N) is 1. The van der Waals surface area contributed by atoms with Crippen molar-refractivity contribution in [2.75, 3.05) is 12.8 Å². The van der Waals surface area contributed by atoms with Crippen LogP contribution in [0.25, 0.3) is 0 Å². The maximum Gasteiger partial charge on any atom is 0.238 e. The second kappa shape index (κ2) is 5.14. The van der Waals surface area contributed by atoms with E-state index < -0.39 is 26.5 Å². The average Bonchev–Trinajstić information content (AvgIpc) is 2.14. The lowest BCUT2D eigenvalue weighted by Crippen LogP contribution is -2.57. The van der Waals surface area contributed by atoms with Gasteiger partial charge in [0, 0.05) is 12.8 Å². The van der Waals surface area contributed by atoms with Crippen molar-refractivity contribution in [1.82, 2.24) is 5.32 Å². The summed E-state index contributed by atoms with van der Waals surface area (Å²) in [5.74, 6) is -0.364. The van der Waals surface area contributed by atoms with Gasteiger partial charge in [0.1, 0.15) is 5.25 Å². The Balaban J connectivity index is 4.81. The van der Waals surface area contributed by atoms with E-state index in [-0.39, 0.29) is 12.5 Å². The Labute approximate surface area is 97.7 Å². The summed E-state index contributed by atoms with van der Waals surface area (Å²) >= 11 is 0. The highest BCUT2D eigenvalue weighted by Gasteiger charge is 2.32. The average molecular weight is 250 g/mol. The molecular weight excluding hydrogens is 228 g/mol. The van der Waals surface area contributed by atoms with E-state index in [0.29, 0.717) is 0 Å². The molecule has 0 bridgehead atoms. The monoisotopic (exact) mass is 250 g/mol. The summed E-state index contributed by atoms with van der Waals surface area (Å²) in [6, 6.07) is 0. The largest absolute Gasteiger partial charge is 0.348 e. The predicted octanol–water partition coefficient (Wildman–Crippen LogP) is -0.0909. The number of nitrogens with two attached hydrogens (primary N) is 1. The summed E-state index contributed by atoms with van der Waals surface area (Å²) in [7, 11) is -3.36. The van der Waals surface area contributed by atoms with Crippen molar-refractivity contribution in [3.05, 3.63) is 0 Å². The van der Waals surface area contributed by atoms with Crippen LogP contribution in [0.5, 0.6) is 0 Å². The van der Waals surface area contributed by atoms with Gasteiger partial charge in [0.25, 0.3) is 0 Å². The first-order valence-corrected chi connectivity index (χ1v) is 7.21. The number of hydrogen-bond donors (Lipinski definition) is 2. The van der Waals surface area contributed by atoms with Gasteiger partial charge in [-0.2, -0.15) is 0 Å². The fourth-order valence-corrected chi connectivity index (χ4v) is 1.46. The third-order valence-corrected chi connectivity index (χ3v) is 4.62. The van der Waals surface area contributed by atoms with Crippen LogP contribution in [0.3, 0.4) is 0 Å². The van der Waals surface area contributed by atoms with Crippen molar-refractivity contribution < 1.29 is 13.2 Å². The number of carbonyl (C=O) groups is 1. The standard InChI is InChI=1S/C10H22N2O3S/c1-7(2)10(4,6-11)12-9(13)8(3)16(5,14)15/h7-8H,6,11H2,1-5H3,(H,12,13). The molecule has 6 heteroatoms. The Kier molecular flexibility index (Phi) is 4.94. The van der Waals surface area contributed by atoms with Crippen LogP contribution in [-0.4, -0.2) is 37.9 Å². The Morgan fingerprint density at radius 1 is 1.38 bits per heavy atom. The van der Waals surface area contributed by atoms with Crippen LogP contribution in [-0.2, 0) is 14.6 Å². The van der Waals surface area contributed by atoms with Crippen molar-refractivity contribution >= 4 is 15.7 Å². The van der Waals surface area contributed by atoms with Crippen LogP contribution < -0.4 is 11.1 Å². The lowest BCUT2D eigenvalue weighted by Gasteiger charge is -2.34. The van der Waals surface area contributed by atoms with Gasteiger partial charge in [0.2, 0.25) is 5.91 Å². The van der Waals surface area contributed by atoms with E-state index in [1.807, 2.05) is 20.8 Å². The normalized spacial score (nSPS) is 17.9. The van der Waals surface area contributed by atoms with E-state index in [1.54, 1.807) is 0 Å². The summed E-state index contributed by atoms with van der Waals surface area (Å²) in [6.07, 6.45) is 1.05. The second-order valence-electron chi connectivity index (χ2n) is 4.74. The molecule has 2 unspecified atom stereocenters. The first-order chi connectivity index (χ1) is 7.04. The SMILES string of the molecule is CC(C)C(C)(CN)NC(=O)C(C)S(C)(=O)=O. The minimum absolute atomic E-state index is 0.133. The highest BCUT2D eigenvalue weighted by atomic mass is 32.2. The van der Waals surface area contributed by atoms with E-state index in [0.717, 1.165) is 6.26 Å². The van der Waals surface area contributed by atoms with Gasteiger partial charge in [0.15, 0.2) is 9.84 Å². The topological polar surface area (TPSA) is 89.3 Å². The Morgan fingerprint density at radius 3 is 2.06 bits per heavy atom. The maximum absolute atomic E-state index is 11.7. The number of rotatable bonds is 5. The van der Waals surface area contributed by atoms with Crippen molar-refractivity contribution in [2.24, 2.45) is 11.7 Å². The molecule has 0 aliphatic rings. The summed E-state index contributed by atoms with van der Waals surface area (Å²) in [5.41, 5.74) is 5.03. The van der Waals surface area contributed by atoms with Crippen LogP contribution in [0.15, 0.2) is 0 Å². The van der Waals surface area contributed by atoms with Gasteiger partial charge in [-0.25, -0.2) is 8.42 Å². The summed E-state index contributed by atoms with van der Waals surface area (Å²) in [5, 5.41) is 1.66. The van der Waals surface area contributed by atoms with Crippen LogP contribution in [0, 0.1) is 5.92 Å². The zero-order valence-corrected chi connectivity index (χ0v) is 11.4. The molecule has 0 saturated heterocycles. The van der Waals surface area contributed by atoms with Crippen molar-refractivity contribution in [3.63, 3.8) is 0 Å². The quantitative estimate of drug-likeness (QED) is 0.713. The van der Waals surface area contributed by atoms with Gasteiger partial charge in [0.05, 0.1) is 5.54 Å². The molecule has 0 aromatic heterocycles. The number of carbonyl (C=O) groups excluding carboxylic acids is 1. The molecule has 0 heterocycles. The molecule has 5 nitrogen and oxygen atoms in total. The van der Waals surface area contributed by atoms with Gasteiger partial charge >= 0.3 is 0 Å². The zero-order chi connectivity index (χ0) is 13.1. The Morgan fingerprint density at radius 2 is 1.81 bits per heavy atom. The molecule has 0 spiro atoms. The van der Waals surface area contributed by atoms with Crippen LogP contribution in [0.2, 0.25) is 0 Å². The van der Waals surface area contributed by atoms with Gasteiger partial charge in [-0.15, -0.1) is 0 Å². The summed E-state index contributed by atoms with van der Waals surface area (Å²) in [6.45, 7) is 7.32. The summed E-state index contributed by atoms with van der Waals surface area (Å²) < 4.78 is 22.4. The van der Waals surface area contributed by atoms with Gasteiger partial charge < -0.3 is 11.1 Å². The molecule has 0 radical (unpaired) electrons. The van der Waals surface area contributed by atoms with E-state index in [4.69, 9.17) is 5.73 Å². The van der Waals surface area contributed by atoms with E-state index in [9.17, 15) is 13.2 Å². The minimum Gasteiger partial charge on any atom is -0.348 e. The van der Waals surface area contributed by atoms with Gasteiger partial charge in [-0.05, 0) is 19.8 Å². The van der Waals surface area contributed by atoms with Gasteiger partial charge in [-0.1, -0.05) is 13.8 Å². The van der Waals surface area contributed by atoms with E-state index in [2.05, 4.69) is 5.32 Å². The fourth-order valence-electron chi connectivity index (χ4n) is 1.01. The maximum atomic E-state index is 11.7. The lowest BCUT2D eigenvalue weighted by molar-refractivity contribution is -0.122. The predicted molar refractivity (Wildman–Crippen MR) is 64.7 cm³/mol. The molecule has 16 heavy (non-hydrogen) atoms. The zero-order valence-electron chi connectivity index (χ0n) is 10.6. The first kappa shape index (κ1) is 15.4. The molecule has 0 aromatic rings. The molecule has 1 amide bonds. The smallest absolute Gasteiger partial charge is 0.238 e. The highest BCUT2D eigenvalue weighted by Crippen LogP contribution is 2.15.